The van der Waals surface area contributed by atoms with E-state index in [1.165, 1.54) is 0 Å². The molecule has 0 saturated carbocycles. The van der Waals surface area contributed by atoms with Gasteiger partial charge in [0.25, 0.3) is 0 Å². The maximum absolute atomic E-state index is 4.21. The number of aryl methyl sites for hydroxylation is 1. The quantitative estimate of drug-likeness (QED) is 0.533. The molecule has 0 aliphatic carbocycles. The summed E-state index contributed by atoms with van der Waals surface area (Å²) in [6.07, 6.45) is 1.74. The number of nitrogens with zero attached hydrogens (tertiary/aromatic N) is 2. The van der Waals surface area contributed by atoms with Crippen LogP contribution in [0.25, 0.3) is 0 Å². The van der Waals surface area contributed by atoms with Crippen LogP contribution in [-0.2, 0) is 0 Å². The zero-order chi connectivity index (χ0) is 7.40. The summed E-state index contributed by atoms with van der Waals surface area (Å²) in [7, 11) is 1.74. The second-order valence-electron chi connectivity index (χ2n) is 2.09. The van der Waals surface area contributed by atoms with Crippen LogP contribution >= 0.6 is 0 Å². The van der Waals surface area contributed by atoms with Crippen LogP contribution in [0.4, 0.5) is 0 Å². The molecule has 1 rings (SSSR count). The lowest BCUT2D eigenvalue weighted by atomic mass is 10.3. The van der Waals surface area contributed by atoms with E-state index in [4.69, 9.17) is 0 Å². The van der Waals surface area contributed by atoms with E-state index in [0.717, 1.165) is 11.4 Å². The van der Waals surface area contributed by atoms with Gasteiger partial charge >= 0.3 is 0 Å². The zero-order valence-electron chi connectivity index (χ0n) is 6.20. The molecule has 52 valence electrons. The highest BCUT2D eigenvalue weighted by atomic mass is 14.7. The number of aliphatic imine (C=N–C) groups is 1. The van der Waals surface area contributed by atoms with E-state index in [2.05, 4.69) is 9.98 Å². The standard InChI is InChI=1S/C8H10N2/c1-7-4-3-5-8(10-7)6-9-2/h3-6H,1-2H3/b9-6+. The van der Waals surface area contributed by atoms with Crippen LogP contribution in [-0.4, -0.2) is 18.2 Å². The van der Waals surface area contributed by atoms with Gasteiger partial charge in [0.2, 0.25) is 0 Å². The zero-order valence-corrected chi connectivity index (χ0v) is 6.20. The van der Waals surface area contributed by atoms with Gasteiger partial charge in [-0.05, 0) is 19.1 Å². The first-order chi connectivity index (χ1) is 4.83. The minimum absolute atomic E-state index is 0.919. The maximum Gasteiger partial charge on any atom is 0.0810 e. The summed E-state index contributed by atoms with van der Waals surface area (Å²) >= 11 is 0. The van der Waals surface area contributed by atoms with Crippen molar-refractivity contribution in [1.82, 2.24) is 4.98 Å². The number of rotatable bonds is 1. The van der Waals surface area contributed by atoms with Crippen LogP contribution in [0.1, 0.15) is 11.4 Å². The molecule has 10 heavy (non-hydrogen) atoms. The van der Waals surface area contributed by atoms with Gasteiger partial charge in [-0.25, -0.2) is 0 Å². The highest BCUT2D eigenvalue weighted by Crippen LogP contribution is 1.93. The lowest BCUT2D eigenvalue weighted by molar-refractivity contribution is 1.18. The fourth-order valence-corrected chi connectivity index (χ4v) is 0.768. The molecule has 2 heteroatoms. The second kappa shape index (κ2) is 3.11. The molecule has 1 aromatic rings. The van der Waals surface area contributed by atoms with Crippen molar-refractivity contribution in [3.63, 3.8) is 0 Å². The molecule has 0 aromatic carbocycles. The van der Waals surface area contributed by atoms with E-state index in [-0.39, 0.29) is 0 Å². The van der Waals surface area contributed by atoms with Crippen LogP contribution in [0.2, 0.25) is 0 Å². The first-order valence-corrected chi connectivity index (χ1v) is 3.19. The molecule has 0 amide bonds. The molecule has 0 aliphatic rings. The van der Waals surface area contributed by atoms with Crippen molar-refractivity contribution in [2.75, 3.05) is 7.05 Å². The van der Waals surface area contributed by atoms with Crippen molar-refractivity contribution in [3.8, 4) is 0 Å². The van der Waals surface area contributed by atoms with Gasteiger partial charge in [-0.15, -0.1) is 0 Å². The highest BCUT2D eigenvalue weighted by Gasteiger charge is 1.86. The Labute approximate surface area is 60.6 Å². The summed E-state index contributed by atoms with van der Waals surface area (Å²) < 4.78 is 0. The summed E-state index contributed by atoms with van der Waals surface area (Å²) in [5, 5.41) is 0. The third kappa shape index (κ3) is 1.65. The van der Waals surface area contributed by atoms with Crippen molar-refractivity contribution >= 4 is 6.21 Å². The third-order valence-electron chi connectivity index (χ3n) is 1.17. The Kier molecular flexibility index (Phi) is 2.15. The van der Waals surface area contributed by atoms with E-state index < -0.39 is 0 Å². The Morgan fingerprint density at radius 3 is 2.90 bits per heavy atom. The lowest BCUT2D eigenvalue weighted by Gasteiger charge is -1.91. The predicted octanol–water partition coefficient (Wildman–Crippen LogP) is 1.44. The van der Waals surface area contributed by atoms with Gasteiger partial charge in [0, 0.05) is 19.0 Å². The predicted molar refractivity (Wildman–Crippen MR) is 42.5 cm³/mol. The largest absolute Gasteiger partial charge is 0.294 e. The molecule has 1 aromatic heterocycles. The fourth-order valence-electron chi connectivity index (χ4n) is 0.768. The fraction of sp³-hybridized carbons (Fsp3) is 0.250. The van der Waals surface area contributed by atoms with Gasteiger partial charge in [0.15, 0.2) is 0 Å². The summed E-state index contributed by atoms with van der Waals surface area (Å²) in [6, 6.07) is 5.87. The number of pyridine rings is 1. The van der Waals surface area contributed by atoms with Gasteiger partial charge < -0.3 is 0 Å². The first-order valence-electron chi connectivity index (χ1n) is 3.19. The molecule has 1 heterocycles. The minimum atomic E-state index is 0.919. The highest BCUT2D eigenvalue weighted by molar-refractivity contribution is 5.76. The SMILES string of the molecule is C/N=C/c1cccc(C)n1. The molecule has 0 N–H and O–H groups in total. The van der Waals surface area contributed by atoms with E-state index >= 15 is 0 Å². The van der Waals surface area contributed by atoms with Crippen LogP contribution in [0.15, 0.2) is 23.2 Å². The van der Waals surface area contributed by atoms with Crippen molar-refractivity contribution in [2.45, 2.75) is 6.92 Å². The van der Waals surface area contributed by atoms with Crippen LogP contribution in [0, 0.1) is 6.92 Å². The van der Waals surface area contributed by atoms with Gasteiger partial charge in [-0.3, -0.25) is 9.98 Å². The molecule has 0 unspecified atom stereocenters. The summed E-state index contributed by atoms with van der Waals surface area (Å²) in [5.74, 6) is 0. The Morgan fingerprint density at radius 1 is 1.50 bits per heavy atom. The van der Waals surface area contributed by atoms with Crippen molar-refractivity contribution in [3.05, 3.63) is 29.6 Å². The van der Waals surface area contributed by atoms with Crippen LogP contribution in [0.3, 0.4) is 0 Å². The first kappa shape index (κ1) is 6.93. The maximum atomic E-state index is 4.21. The number of hydrogen-bond donors (Lipinski definition) is 0. The molecule has 0 atom stereocenters. The minimum Gasteiger partial charge on any atom is -0.294 e. The smallest absolute Gasteiger partial charge is 0.0810 e. The molecule has 2 nitrogen and oxygen atoms in total. The average Bonchev–Trinajstić information content (AvgIpc) is 1.88. The summed E-state index contributed by atoms with van der Waals surface area (Å²) in [5.41, 5.74) is 1.94. The van der Waals surface area contributed by atoms with E-state index in [1.807, 2.05) is 25.1 Å². The second-order valence-corrected chi connectivity index (χ2v) is 2.09. The van der Waals surface area contributed by atoms with Gasteiger partial charge in [-0.1, -0.05) is 6.07 Å². The molecule has 0 spiro atoms. The van der Waals surface area contributed by atoms with Crippen LogP contribution < -0.4 is 0 Å². The Bertz CT molecular complexity index is 241. The van der Waals surface area contributed by atoms with Gasteiger partial charge in [0.05, 0.1) is 5.69 Å². The number of aromatic nitrogens is 1. The van der Waals surface area contributed by atoms with Gasteiger partial charge in [0.1, 0.15) is 0 Å². The van der Waals surface area contributed by atoms with Gasteiger partial charge in [-0.2, -0.15) is 0 Å². The molecule has 0 bridgehead atoms. The van der Waals surface area contributed by atoms with E-state index in [0.29, 0.717) is 0 Å². The molecule has 0 radical (unpaired) electrons. The molecular formula is C8H10N2. The Hall–Kier alpha value is -1.18. The monoisotopic (exact) mass is 134 g/mol. The van der Waals surface area contributed by atoms with Crippen molar-refractivity contribution < 1.29 is 0 Å². The van der Waals surface area contributed by atoms with Crippen LogP contribution in [0.5, 0.6) is 0 Å². The Morgan fingerprint density at radius 2 is 2.30 bits per heavy atom. The Balaban J connectivity index is 2.95. The van der Waals surface area contributed by atoms with Crippen molar-refractivity contribution in [2.24, 2.45) is 4.99 Å². The van der Waals surface area contributed by atoms with E-state index in [9.17, 15) is 0 Å². The van der Waals surface area contributed by atoms with E-state index in [1.54, 1.807) is 13.3 Å². The summed E-state index contributed by atoms with van der Waals surface area (Å²) in [4.78, 5) is 8.07. The molecular weight excluding hydrogens is 124 g/mol. The molecule has 0 saturated heterocycles. The molecule has 0 aliphatic heterocycles. The lowest BCUT2D eigenvalue weighted by Crippen LogP contribution is -1.88. The number of hydrogen-bond acceptors (Lipinski definition) is 2. The average molecular weight is 134 g/mol. The summed E-state index contributed by atoms with van der Waals surface area (Å²) in [6.45, 7) is 1.97. The molecule has 0 fully saturated rings. The topological polar surface area (TPSA) is 25.2 Å². The van der Waals surface area contributed by atoms with Crippen molar-refractivity contribution in [1.29, 1.82) is 0 Å². The third-order valence-corrected chi connectivity index (χ3v) is 1.17. The normalized spacial score (nSPS) is 10.6.